The average molecular weight is 441 g/mol. The molecule has 0 saturated heterocycles. The Bertz CT molecular complexity index is 419. The predicted octanol–water partition coefficient (Wildman–Crippen LogP) is 5.04. The van der Waals surface area contributed by atoms with Crippen molar-refractivity contribution in [2.45, 2.75) is 45.3 Å². The van der Waals surface area contributed by atoms with Crippen LogP contribution in [0, 0.1) is 0 Å². The zero-order valence-electron chi connectivity index (χ0n) is 13.5. The van der Waals surface area contributed by atoms with E-state index in [1.54, 1.807) is 0 Å². The summed E-state index contributed by atoms with van der Waals surface area (Å²) < 4.78 is 1.21. The average Bonchev–Trinajstić information content (AvgIpc) is 3.28. The van der Waals surface area contributed by atoms with E-state index in [4.69, 9.17) is 10.2 Å². The van der Waals surface area contributed by atoms with E-state index in [2.05, 4.69) is 34.3 Å². The first-order chi connectivity index (χ1) is 11.8. The summed E-state index contributed by atoms with van der Waals surface area (Å²) in [5.41, 5.74) is 0. The van der Waals surface area contributed by atoms with Crippen LogP contribution in [-0.2, 0) is 0 Å². The highest BCUT2D eigenvalue weighted by Gasteiger charge is 2.26. The van der Waals surface area contributed by atoms with Gasteiger partial charge in [-0.05, 0) is 36.5 Å². The molecule has 2 aliphatic heterocycles. The molecule has 2 heterocycles. The van der Waals surface area contributed by atoms with Crippen molar-refractivity contribution in [3.8, 4) is 0 Å². The van der Waals surface area contributed by atoms with Crippen LogP contribution in [0.5, 0.6) is 0 Å². The van der Waals surface area contributed by atoms with E-state index in [-0.39, 0.29) is 13.2 Å². The summed E-state index contributed by atoms with van der Waals surface area (Å²) in [6, 6.07) is 0. The van der Waals surface area contributed by atoms with Crippen LogP contribution in [0.15, 0.2) is 20.6 Å². The number of thioether (sulfide) groups is 6. The van der Waals surface area contributed by atoms with Gasteiger partial charge >= 0.3 is 0 Å². The molecule has 1 saturated carbocycles. The third-order valence-corrected chi connectivity index (χ3v) is 13.2. The Hall–Kier alpha value is 1.50. The summed E-state index contributed by atoms with van der Waals surface area (Å²) in [4.78, 5) is 2.26. The van der Waals surface area contributed by atoms with Crippen molar-refractivity contribution in [1.29, 1.82) is 0 Å². The van der Waals surface area contributed by atoms with Crippen LogP contribution in [0.3, 0.4) is 0 Å². The Morgan fingerprint density at radius 2 is 1.21 bits per heavy atom. The van der Waals surface area contributed by atoms with Crippen molar-refractivity contribution in [1.82, 2.24) is 0 Å². The molecular weight excluding hydrogens is 417 g/mol. The highest BCUT2D eigenvalue weighted by molar-refractivity contribution is 8.24. The predicted molar refractivity (Wildman–Crippen MR) is 119 cm³/mol. The topological polar surface area (TPSA) is 40.5 Å². The normalized spacial score (nSPS) is 33.6. The summed E-state index contributed by atoms with van der Waals surface area (Å²) in [6.07, 6.45) is 5.43. The first-order valence-electron chi connectivity index (χ1n) is 8.24. The molecule has 3 rings (SSSR count). The van der Waals surface area contributed by atoms with Gasteiger partial charge in [-0.1, -0.05) is 0 Å². The SMILES string of the molecule is OCC1=CSC(CSC2CCC(SCC3SC=C(CO)S3)CC2)S1. The van der Waals surface area contributed by atoms with Crippen molar-refractivity contribution in [2.24, 2.45) is 0 Å². The van der Waals surface area contributed by atoms with E-state index in [1.807, 2.05) is 47.0 Å². The van der Waals surface area contributed by atoms with Gasteiger partial charge in [-0.3, -0.25) is 0 Å². The van der Waals surface area contributed by atoms with Gasteiger partial charge in [0.1, 0.15) is 0 Å². The van der Waals surface area contributed by atoms with Crippen LogP contribution in [0.2, 0.25) is 0 Å². The molecule has 136 valence electrons. The van der Waals surface area contributed by atoms with Gasteiger partial charge < -0.3 is 10.2 Å². The molecule has 1 aliphatic carbocycles. The lowest BCUT2D eigenvalue weighted by Gasteiger charge is -2.28. The lowest BCUT2D eigenvalue weighted by molar-refractivity contribution is 0.339. The van der Waals surface area contributed by atoms with E-state index >= 15 is 0 Å². The Morgan fingerprint density at radius 1 is 0.792 bits per heavy atom. The third kappa shape index (κ3) is 6.29. The molecule has 24 heavy (non-hydrogen) atoms. The van der Waals surface area contributed by atoms with E-state index in [1.165, 1.54) is 37.2 Å². The fourth-order valence-electron chi connectivity index (χ4n) is 2.84. The molecule has 2 atom stereocenters. The molecule has 3 aliphatic rings. The van der Waals surface area contributed by atoms with Crippen LogP contribution < -0.4 is 0 Å². The van der Waals surface area contributed by atoms with Crippen LogP contribution >= 0.6 is 70.6 Å². The van der Waals surface area contributed by atoms with Gasteiger partial charge in [0.15, 0.2) is 0 Å². The minimum Gasteiger partial charge on any atom is -0.391 e. The zero-order chi connectivity index (χ0) is 16.8. The van der Waals surface area contributed by atoms with E-state index < -0.39 is 0 Å². The standard InChI is InChI=1S/C16H24O2S6/c17-5-13-7-21-15(23-13)9-19-11-1-2-12(4-3-11)20-10-16-22-8-14(6-18)24-16/h7-8,11-12,15-18H,1-6,9-10H2. The summed E-state index contributed by atoms with van der Waals surface area (Å²) >= 11 is 11.7. The van der Waals surface area contributed by atoms with Gasteiger partial charge in [-0.2, -0.15) is 23.5 Å². The summed E-state index contributed by atoms with van der Waals surface area (Å²) in [7, 11) is 0. The van der Waals surface area contributed by atoms with Crippen molar-refractivity contribution in [2.75, 3.05) is 24.7 Å². The second-order valence-electron chi connectivity index (χ2n) is 5.92. The van der Waals surface area contributed by atoms with Crippen LogP contribution in [-0.4, -0.2) is 54.6 Å². The highest BCUT2D eigenvalue weighted by atomic mass is 32.2. The van der Waals surface area contributed by atoms with Gasteiger partial charge in [0.25, 0.3) is 0 Å². The van der Waals surface area contributed by atoms with Crippen LogP contribution in [0.25, 0.3) is 0 Å². The minimum absolute atomic E-state index is 0.202. The maximum Gasteiger partial charge on any atom is 0.0746 e. The lowest BCUT2D eigenvalue weighted by Crippen LogP contribution is -2.20. The molecule has 0 amide bonds. The second kappa shape index (κ2) is 10.7. The largest absolute Gasteiger partial charge is 0.391 e. The second-order valence-corrected chi connectivity index (χ2v) is 14.0. The van der Waals surface area contributed by atoms with Gasteiger partial charge in [-0.25, -0.2) is 0 Å². The monoisotopic (exact) mass is 440 g/mol. The fourth-order valence-corrected chi connectivity index (χ4v) is 10.9. The van der Waals surface area contributed by atoms with Crippen molar-refractivity contribution >= 4 is 70.6 Å². The molecule has 2 unspecified atom stereocenters. The lowest BCUT2D eigenvalue weighted by atomic mass is 10.00. The molecule has 2 nitrogen and oxygen atoms in total. The Balaban J connectivity index is 1.25. The molecule has 1 fully saturated rings. The molecule has 0 spiro atoms. The smallest absolute Gasteiger partial charge is 0.0746 e. The van der Waals surface area contributed by atoms with Gasteiger partial charge in [0.2, 0.25) is 0 Å². The molecule has 0 bridgehead atoms. The molecule has 0 aromatic heterocycles. The summed E-state index contributed by atoms with van der Waals surface area (Å²) in [5, 5.41) is 24.2. The van der Waals surface area contributed by atoms with Crippen molar-refractivity contribution in [3.63, 3.8) is 0 Å². The van der Waals surface area contributed by atoms with Gasteiger partial charge in [0, 0.05) is 31.8 Å². The maximum atomic E-state index is 9.16. The van der Waals surface area contributed by atoms with Crippen molar-refractivity contribution in [3.05, 3.63) is 20.6 Å². The molecule has 0 aromatic rings. The molecule has 0 aromatic carbocycles. The van der Waals surface area contributed by atoms with Crippen LogP contribution in [0.1, 0.15) is 25.7 Å². The van der Waals surface area contributed by atoms with Crippen molar-refractivity contribution < 1.29 is 10.2 Å². The summed E-state index contributed by atoms with van der Waals surface area (Å²) in [6.45, 7) is 0.405. The van der Waals surface area contributed by atoms with Gasteiger partial charge in [0.05, 0.1) is 22.4 Å². The van der Waals surface area contributed by atoms with E-state index in [0.29, 0.717) is 9.16 Å². The quantitative estimate of drug-likeness (QED) is 0.544. The first-order valence-corrected chi connectivity index (χ1v) is 14.0. The highest BCUT2D eigenvalue weighted by Crippen LogP contribution is 2.45. The number of hydrogen-bond acceptors (Lipinski definition) is 8. The van der Waals surface area contributed by atoms with E-state index in [9.17, 15) is 0 Å². The van der Waals surface area contributed by atoms with E-state index in [0.717, 1.165) is 20.3 Å². The number of hydrogen-bond donors (Lipinski definition) is 2. The first kappa shape index (κ1) is 20.2. The maximum absolute atomic E-state index is 9.16. The molecular formula is C16H24O2S6. The number of aliphatic hydroxyl groups is 2. The Kier molecular flexibility index (Phi) is 9.05. The number of rotatable bonds is 8. The zero-order valence-corrected chi connectivity index (χ0v) is 18.4. The van der Waals surface area contributed by atoms with Crippen LogP contribution in [0.4, 0.5) is 0 Å². The van der Waals surface area contributed by atoms with Gasteiger partial charge in [-0.15, -0.1) is 47.0 Å². The molecule has 8 heteroatoms. The fraction of sp³-hybridized carbons (Fsp3) is 0.750. The Labute approximate surface area is 170 Å². The number of aliphatic hydroxyl groups excluding tert-OH is 2. The summed E-state index contributed by atoms with van der Waals surface area (Å²) in [5.74, 6) is 2.39. The molecule has 0 radical (unpaired) electrons. The third-order valence-electron chi connectivity index (χ3n) is 4.14. The molecule has 2 N–H and O–H groups in total. The Morgan fingerprint density at radius 3 is 1.54 bits per heavy atom. The minimum atomic E-state index is 0.202.